The van der Waals surface area contributed by atoms with Crippen LogP contribution >= 0.6 is 0 Å². The number of carbonyl (C=O) groups is 1. The van der Waals surface area contributed by atoms with E-state index >= 15 is 0 Å². The summed E-state index contributed by atoms with van der Waals surface area (Å²) >= 11 is 0. The van der Waals surface area contributed by atoms with Crippen molar-refractivity contribution < 1.29 is 40.5 Å². The second kappa shape index (κ2) is 10.5. The Kier molecular flexibility index (Phi) is 11.6. The maximum absolute atomic E-state index is 9.90. The monoisotopic (exact) mass is 256 g/mol. The Balaban J connectivity index is 0. The lowest BCUT2D eigenvalue weighted by Gasteiger charge is -2.22. The summed E-state index contributed by atoms with van der Waals surface area (Å²) in [4.78, 5) is 9.90. The molecule has 0 aliphatic heterocycles. The Morgan fingerprint density at radius 1 is 0.941 bits per heavy atom. The van der Waals surface area contributed by atoms with Gasteiger partial charge in [-0.15, -0.1) is 0 Å². The van der Waals surface area contributed by atoms with Gasteiger partial charge in [0.2, 0.25) is 0 Å². The Hall–Kier alpha value is -0.610. The lowest BCUT2D eigenvalue weighted by molar-refractivity contribution is -0.136. The highest BCUT2D eigenvalue weighted by molar-refractivity contribution is 5.56. The largest absolute Gasteiger partial charge is 0.394 e. The van der Waals surface area contributed by atoms with E-state index in [0.29, 0.717) is 0 Å². The first-order valence-corrected chi connectivity index (χ1v) is 4.89. The van der Waals surface area contributed by atoms with Gasteiger partial charge in [0.25, 0.3) is 0 Å². The molecule has 0 amide bonds. The van der Waals surface area contributed by atoms with Gasteiger partial charge in [-0.2, -0.15) is 0 Å². The molecule has 5 atom stereocenters. The third-order valence-corrected chi connectivity index (χ3v) is 1.68. The molecule has 17 heavy (non-hydrogen) atoms. The lowest BCUT2D eigenvalue weighted by Crippen LogP contribution is -2.46. The fourth-order valence-electron chi connectivity index (χ4n) is 0.618. The van der Waals surface area contributed by atoms with Gasteiger partial charge in [0.05, 0.1) is 19.3 Å². The fourth-order valence-corrected chi connectivity index (χ4v) is 0.618. The second-order valence-corrected chi connectivity index (χ2v) is 3.39. The number of hydrogen-bond acceptors (Lipinski definition) is 8. The average Bonchev–Trinajstić information content (AvgIpc) is 2.35. The van der Waals surface area contributed by atoms with Crippen LogP contribution in [0.1, 0.15) is 6.92 Å². The number of carbonyl (C=O) groups excluding carboxylic acids is 1. The summed E-state index contributed by atoms with van der Waals surface area (Å²) in [6.07, 6.45) is -7.40. The van der Waals surface area contributed by atoms with E-state index in [4.69, 9.17) is 35.7 Å². The van der Waals surface area contributed by atoms with Gasteiger partial charge in [-0.05, 0) is 6.92 Å². The van der Waals surface area contributed by atoms with E-state index in [2.05, 4.69) is 0 Å². The summed E-state index contributed by atoms with van der Waals surface area (Å²) in [7, 11) is 0. The highest BCUT2D eigenvalue weighted by atomic mass is 16.4. The van der Waals surface area contributed by atoms with Crippen LogP contribution < -0.4 is 0 Å². The standard InChI is InChI=1S/C6H12O6.C3H8O2/c7-1-3(9)5(11)6(12)4(10)2-8;1-3(5)2-4/h1,3-6,8-12H,2H2;3-5H,2H2,1H3/t3-,4+,5+,6+;/m0./s1. The van der Waals surface area contributed by atoms with E-state index in [1.807, 2.05) is 0 Å². The zero-order valence-electron chi connectivity index (χ0n) is 9.42. The molecule has 104 valence electrons. The van der Waals surface area contributed by atoms with E-state index in [-0.39, 0.29) is 12.9 Å². The van der Waals surface area contributed by atoms with Gasteiger partial charge in [0.15, 0.2) is 6.29 Å². The minimum atomic E-state index is -1.79. The molecule has 0 saturated heterocycles. The Labute approximate surface area is 98.4 Å². The summed E-state index contributed by atoms with van der Waals surface area (Å²) < 4.78 is 0. The molecular formula is C9H20O8. The number of aldehydes is 1. The number of rotatable bonds is 6. The predicted octanol–water partition coefficient (Wildman–Crippen LogP) is -4.02. The quantitative estimate of drug-likeness (QED) is 0.237. The normalized spacial score (nSPS) is 19.3. The molecule has 0 aromatic rings. The van der Waals surface area contributed by atoms with Crippen molar-refractivity contribution >= 4 is 6.29 Å². The Morgan fingerprint density at radius 2 is 1.35 bits per heavy atom. The van der Waals surface area contributed by atoms with Crippen molar-refractivity contribution in [3.8, 4) is 0 Å². The minimum absolute atomic E-state index is 0.0258. The van der Waals surface area contributed by atoms with Gasteiger partial charge < -0.3 is 40.5 Å². The molecule has 0 aromatic carbocycles. The molecule has 0 radical (unpaired) electrons. The third-order valence-electron chi connectivity index (χ3n) is 1.68. The molecule has 0 spiro atoms. The number of aliphatic hydroxyl groups excluding tert-OH is 7. The van der Waals surface area contributed by atoms with Crippen LogP contribution in [0.4, 0.5) is 0 Å². The zero-order valence-corrected chi connectivity index (χ0v) is 9.42. The molecule has 0 fully saturated rings. The maximum atomic E-state index is 9.90. The summed E-state index contributed by atoms with van der Waals surface area (Å²) in [5.74, 6) is 0. The number of hydrogen-bond donors (Lipinski definition) is 7. The Bertz CT molecular complexity index is 186. The molecule has 0 bridgehead atoms. The molecule has 8 nitrogen and oxygen atoms in total. The lowest BCUT2D eigenvalue weighted by atomic mass is 10.0. The van der Waals surface area contributed by atoms with Gasteiger partial charge in [-0.25, -0.2) is 0 Å². The van der Waals surface area contributed by atoms with E-state index in [1.165, 1.54) is 6.92 Å². The topological polar surface area (TPSA) is 159 Å². The molecular weight excluding hydrogens is 236 g/mol. The minimum Gasteiger partial charge on any atom is -0.394 e. The van der Waals surface area contributed by atoms with Gasteiger partial charge >= 0.3 is 0 Å². The first kappa shape index (κ1) is 18.7. The molecule has 0 aromatic heterocycles. The highest BCUT2D eigenvalue weighted by Gasteiger charge is 2.29. The van der Waals surface area contributed by atoms with Crippen LogP contribution in [0.5, 0.6) is 0 Å². The van der Waals surface area contributed by atoms with E-state index in [1.54, 1.807) is 0 Å². The van der Waals surface area contributed by atoms with E-state index in [0.717, 1.165) is 0 Å². The van der Waals surface area contributed by atoms with E-state index < -0.39 is 37.1 Å². The van der Waals surface area contributed by atoms with Crippen LogP contribution in [0.15, 0.2) is 0 Å². The first-order valence-electron chi connectivity index (χ1n) is 4.89. The molecule has 0 saturated carbocycles. The maximum Gasteiger partial charge on any atom is 0.151 e. The van der Waals surface area contributed by atoms with Gasteiger partial charge in [0.1, 0.15) is 24.4 Å². The summed E-state index contributed by atoms with van der Waals surface area (Å²) in [6.45, 7) is 0.629. The van der Waals surface area contributed by atoms with Crippen LogP contribution in [0.3, 0.4) is 0 Å². The third kappa shape index (κ3) is 9.12. The van der Waals surface area contributed by atoms with Crippen molar-refractivity contribution in [2.75, 3.05) is 13.2 Å². The molecule has 1 unspecified atom stereocenters. The van der Waals surface area contributed by atoms with Crippen LogP contribution in [0.25, 0.3) is 0 Å². The van der Waals surface area contributed by atoms with Crippen molar-refractivity contribution in [3.63, 3.8) is 0 Å². The highest BCUT2D eigenvalue weighted by Crippen LogP contribution is 2.02. The molecule has 0 aliphatic carbocycles. The summed E-state index contributed by atoms with van der Waals surface area (Å²) in [5.41, 5.74) is 0. The summed E-state index contributed by atoms with van der Waals surface area (Å²) in [5, 5.41) is 59.5. The van der Waals surface area contributed by atoms with Crippen LogP contribution in [0.2, 0.25) is 0 Å². The SMILES string of the molecule is CC(O)CO.O=C[C@H](O)[C@@H](O)[C@H](O)[C@H](O)CO. The van der Waals surface area contributed by atoms with Gasteiger partial charge in [-0.3, -0.25) is 0 Å². The van der Waals surface area contributed by atoms with Crippen molar-refractivity contribution in [2.24, 2.45) is 0 Å². The molecule has 7 N–H and O–H groups in total. The van der Waals surface area contributed by atoms with Crippen LogP contribution in [-0.2, 0) is 4.79 Å². The fraction of sp³-hybridized carbons (Fsp3) is 0.889. The van der Waals surface area contributed by atoms with Crippen molar-refractivity contribution in [2.45, 2.75) is 37.4 Å². The van der Waals surface area contributed by atoms with Crippen molar-refractivity contribution in [3.05, 3.63) is 0 Å². The van der Waals surface area contributed by atoms with Crippen LogP contribution in [0, 0.1) is 0 Å². The molecule has 0 rings (SSSR count). The number of aliphatic hydroxyl groups is 7. The van der Waals surface area contributed by atoms with Gasteiger partial charge in [0, 0.05) is 0 Å². The van der Waals surface area contributed by atoms with Gasteiger partial charge in [-0.1, -0.05) is 0 Å². The molecule has 0 aliphatic rings. The Morgan fingerprint density at radius 3 is 1.59 bits per heavy atom. The van der Waals surface area contributed by atoms with Crippen molar-refractivity contribution in [1.82, 2.24) is 0 Å². The molecule has 0 heterocycles. The predicted molar refractivity (Wildman–Crippen MR) is 55.9 cm³/mol. The smallest absolute Gasteiger partial charge is 0.151 e. The second-order valence-electron chi connectivity index (χ2n) is 3.39. The van der Waals surface area contributed by atoms with E-state index in [9.17, 15) is 4.79 Å². The van der Waals surface area contributed by atoms with Crippen LogP contribution in [-0.4, -0.2) is 85.8 Å². The average molecular weight is 256 g/mol. The zero-order chi connectivity index (χ0) is 14.0. The molecule has 8 heteroatoms. The first-order chi connectivity index (χ1) is 7.81. The summed E-state index contributed by atoms with van der Waals surface area (Å²) in [6, 6.07) is 0. The van der Waals surface area contributed by atoms with Crippen molar-refractivity contribution in [1.29, 1.82) is 0 Å².